The Labute approximate surface area is 101 Å². The molecule has 1 aromatic heterocycles. The van der Waals surface area contributed by atoms with Crippen molar-refractivity contribution in [1.82, 2.24) is 10.3 Å². The van der Waals surface area contributed by atoms with Crippen molar-refractivity contribution in [3.63, 3.8) is 0 Å². The maximum absolute atomic E-state index is 12.0. The fourth-order valence-electron chi connectivity index (χ4n) is 2.00. The molecule has 5 heteroatoms. The van der Waals surface area contributed by atoms with E-state index >= 15 is 0 Å². The van der Waals surface area contributed by atoms with E-state index in [9.17, 15) is 4.79 Å². The second-order valence-electron chi connectivity index (χ2n) is 4.43. The maximum atomic E-state index is 12.0. The fraction of sp³-hybridized carbons (Fsp3) is 0.500. The number of carbonyl (C=O) groups excluding carboxylic acids is 1. The number of carbonyl (C=O) groups is 1. The third-order valence-electron chi connectivity index (χ3n) is 2.91. The summed E-state index contributed by atoms with van der Waals surface area (Å²) in [5.74, 6) is 0.0265. The molecule has 1 atom stereocenters. The molecular weight excluding hydrogens is 216 g/mol. The number of pyridine rings is 1. The predicted molar refractivity (Wildman–Crippen MR) is 68.2 cm³/mol. The van der Waals surface area contributed by atoms with E-state index in [-0.39, 0.29) is 11.9 Å². The number of anilines is 2. The number of hydrogen-bond donors (Lipinski definition) is 2. The molecule has 1 aromatic rings. The quantitative estimate of drug-likeness (QED) is 0.813. The van der Waals surface area contributed by atoms with Gasteiger partial charge in [-0.15, -0.1) is 0 Å². The predicted octanol–water partition coefficient (Wildman–Crippen LogP) is 0.838. The van der Waals surface area contributed by atoms with Crippen LogP contribution in [0.5, 0.6) is 0 Å². The summed E-state index contributed by atoms with van der Waals surface area (Å²) >= 11 is 0. The van der Waals surface area contributed by atoms with E-state index in [1.54, 1.807) is 12.4 Å². The lowest BCUT2D eigenvalue weighted by Crippen LogP contribution is -2.35. The van der Waals surface area contributed by atoms with Crippen molar-refractivity contribution in [3.05, 3.63) is 18.5 Å². The lowest BCUT2D eigenvalue weighted by atomic mass is 10.2. The lowest BCUT2D eigenvalue weighted by Gasteiger charge is -2.18. The first-order valence-corrected chi connectivity index (χ1v) is 5.84. The average molecular weight is 234 g/mol. The Morgan fingerprint density at radius 1 is 1.59 bits per heavy atom. The Bertz CT molecular complexity index is 399. The van der Waals surface area contributed by atoms with Gasteiger partial charge in [0.25, 0.3) is 0 Å². The van der Waals surface area contributed by atoms with Crippen molar-refractivity contribution < 1.29 is 4.79 Å². The third-order valence-corrected chi connectivity index (χ3v) is 2.91. The van der Waals surface area contributed by atoms with Crippen LogP contribution < -0.4 is 15.5 Å². The standard InChI is InChI=1S/C12H18N4O/c1-16(2)11-5-7-13-8-10(11)15-12(17)9-4-3-6-14-9/h5,7-9,14H,3-4,6H2,1-2H3,(H,15,17). The van der Waals surface area contributed by atoms with Crippen LogP contribution in [-0.2, 0) is 4.79 Å². The minimum absolute atomic E-state index is 0.0265. The largest absolute Gasteiger partial charge is 0.376 e. The second-order valence-corrected chi connectivity index (χ2v) is 4.43. The van der Waals surface area contributed by atoms with E-state index < -0.39 is 0 Å². The van der Waals surface area contributed by atoms with Crippen LogP contribution in [-0.4, -0.2) is 37.6 Å². The van der Waals surface area contributed by atoms with Crippen molar-refractivity contribution in [2.24, 2.45) is 0 Å². The van der Waals surface area contributed by atoms with Crippen LogP contribution >= 0.6 is 0 Å². The van der Waals surface area contributed by atoms with Crippen molar-refractivity contribution in [3.8, 4) is 0 Å². The SMILES string of the molecule is CN(C)c1ccncc1NC(=O)C1CCCN1. The van der Waals surface area contributed by atoms with Crippen molar-refractivity contribution in [2.45, 2.75) is 18.9 Å². The van der Waals surface area contributed by atoms with E-state index in [0.29, 0.717) is 0 Å². The topological polar surface area (TPSA) is 57.3 Å². The Hall–Kier alpha value is -1.62. The van der Waals surface area contributed by atoms with Crippen LogP contribution in [0.1, 0.15) is 12.8 Å². The minimum atomic E-state index is -0.0646. The van der Waals surface area contributed by atoms with Crippen LogP contribution in [0.25, 0.3) is 0 Å². The van der Waals surface area contributed by atoms with E-state index in [1.807, 2.05) is 25.1 Å². The molecule has 92 valence electrons. The first kappa shape index (κ1) is 11.9. The van der Waals surface area contributed by atoms with Gasteiger partial charge in [-0.1, -0.05) is 0 Å². The van der Waals surface area contributed by atoms with Crippen molar-refractivity contribution >= 4 is 17.3 Å². The number of nitrogens with zero attached hydrogens (tertiary/aromatic N) is 2. The van der Waals surface area contributed by atoms with Gasteiger partial charge in [0.2, 0.25) is 5.91 Å². The second kappa shape index (κ2) is 5.14. The third kappa shape index (κ3) is 2.74. The molecule has 17 heavy (non-hydrogen) atoms. The van der Waals surface area contributed by atoms with Gasteiger partial charge in [-0.05, 0) is 25.5 Å². The molecule has 5 nitrogen and oxygen atoms in total. The highest BCUT2D eigenvalue weighted by atomic mass is 16.2. The van der Waals surface area contributed by atoms with Crippen molar-refractivity contribution in [2.75, 3.05) is 30.9 Å². The van der Waals surface area contributed by atoms with Gasteiger partial charge in [0.05, 0.1) is 23.6 Å². The summed E-state index contributed by atoms with van der Waals surface area (Å²) in [4.78, 5) is 18.0. The van der Waals surface area contributed by atoms with E-state index in [4.69, 9.17) is 0 Å². The molecule has 1 saturated heterocycles. The molecule has 2 heterocycles. The van der Waals surface area contributed by atoms with Crippen molar-refractivity contribution in [1.29, 1.82) is 0 Å². The molecule has 1 fully saturated rings. The Kier molecular flexibility index (Phi) is 3.58. The summed E-state index contributed by atoms with van der Waals surface area (Å²) in [5.41, 5.74) is 1.72. The molecule has 1 unspecified atom stereocenters. The van der Waals surface area contributed by atoms with E-state index in [2.05, 4.69) is 15.6 Å². The zero-order chi connectivity index (χ0) is 12.3. The maximum Gasteiger partial charge on any atom is 0.241 e. The number of rotatable bonds is 3. The molecule has 0 radical (unpaired) electrons. The van der Waals surface area contributed by atoms with E-state index in [1.165, 1.54) is 0 Å². The molecule has 0 aliphatic carbocycles. The number of hydrogen-bond acceptors (Lipinski definition) is 4. The van der Waals surface area contributed by atoms with Crippen LogP contribution in [0.2, 0.25) is 0 Å². The van der Waals surface area contributed by atoms with Gasteiger partial charge in [-0.25, -0.2) is 0 Å². The Morgan fingerprint density at radius 2 is 2.41 bits per heavy atom. The van der Waals surface area contributed by atoms with Crippen LogP contribution in [0.3, 0.4) is 0 Å². The number of amides is 1. The molecule has 1 aliphatic rings. The van der Waals surface area contributed by atoms with Crippen LogP contribution in [0.15, 0.2) is 18.5 Å². The van der Waals surface area contributed by atoms with E-state index in [0.717, 1.165) is 30.8 Å². The molecule has 0 saturated carbocycles. The summed E-state index contributed by atoms with van der Waals surface area (Å²) in [5, 5.41) is 6.11. The molecule has 0 bridgehead atoms. The van der Waals surface area contributed by atoms with Crippen LogP contribution in [0.4, 0.5) is 11.4 Å². The van der Waals surface area contributed by atoms with Crippen LogP contribution in [0, 0.1) is 0 Å². The zero-order valence-corrected chi connectivity index (χ0v) is 10.2. The minimum Gasteiger partial charge on any atom is -0.376 e. The summed E-state index contributed by atoms with van der Waals surface area (Å²) in [6.07, 6.45) is 5.37. The molecule has 2 rings (SSSR count). The number of nitrogens with one attached hydrogen (secondary N) is 2. The Morgan fingerprint density at radius 3 is 3.06 bits per heavy atom. The monoisotopic (exact) mass is 234 g/mol. The van der Waals surface area contributed by atoms with Gasteiger partial charge in [-0.2, -0.15) is 0 Å². The van der Waals surface area contributed by atoms with Gasteiger partial charge < -0.3 is 15.5 Å². The highest BCUT2D eigenvalue weighted by molar-refractivity contribution is 5.97. The summed E-state index contributed by atoms with van der Waals surface area (Å²) in [6, 6.07) is 1.82. The molecule has 2 N–H and O–H groups in total. The van der Waals surface area contributed by atoms with Gasteiger partial charge in [0, 0.05) is 20.3 Å². The normalized spacial score (nSPS) is 19.1. The first-order valence-electron chi connectivity index (χ1n) is 5.84. The molecule has 1 aliphatic heterocycles. The first-order chi connectivity index (χ1) is 8.18. The van der Waals surface area contributed by atoms with Gasteiger partial charge >= 0.3 is 0 Å². The zero-order valence-electron chi connectivity index (χ0n) is 10.2. The highest BCUT2D eigenvalue weighted by Crippen LogP contribution is 2.22. The highest BCUT2D eigenvalue weighted by Gasteiger charge is 2.22. The fourth-order valence-corrected chi connectivity index (χ4v) is 2.00. The number of aromatic nitrogens is 1. The van der Waals surface area contributed by atoms with Gasteiger partial charge in [-0.3, -0.25) is 9.78 Å². The Balaban J connectivity index is 2.09. The molecular formula is C12H18N4O. The molecule has 0 aromatic carbocycles. The molecule has 0 spiro atoms. The summed E-state index contributed by atoms with van der Waals surface area (Å²) in [7, 11) is 3.89. The summed E-state index contributed by atoms with van der Waals surface area (Å²) in [6.45, 7) is 0.922. The average Bonchev–Trinajstić information content (AvgIpc) is 2.83. The molecule has 1 amide bonds. The summed E-state index contributed by atoms with van der Waals surface area (Å²) < 4.78 is 0. The van der Waals surface area contributed by atoms with Gasteiger partial charge in [0.15, 0.2) is 0 Å². The lowest BCUT2D eigenvalue weighted by molar-refractivity contribution is -0.117. The van der Waals surface area contributed by atoms with Gasteiger partial charge in [0.1, 0.15) is 0 Å². The smallest absolute Gasteiger partial charge is 0.241 e.